The standard InChI is InChI=1S/C10H13NOS/c1-10(5-3-6-10)11-9(12)8-4-2-7-13-8/h2,4,7H,3,5-6H2,1H3,(H,11,12). The van der Waals surface area contributed by atoms with Gasteiger partial charge in [-0.3, -0.25) is 4.79 Å². The molecule has 0 unspecified atom stereocenters. The summed E-state index contributed by atoms with van der Waals surface area (Å²) >= 11 is 1.49. The highest BCUT2D eigenvalue weighted by molar-refractivity contribution is 7.12. The Labute approximate surface area is 82.0 Å². The van der Waals surface area contributed by atoms with Gasteiger partial charge in [0.2, 0.25) is 0 Å². The van der Waals surface area contributed by atoms with Gasteiger partial charge < -0.3 is 5.32 Å². The highest BCUT2D eigenvalue weighted by Crippen LogP contribution is 2.31. The SMILES string of the molecule is CC1(NC(=O)c2cccs2)CCC1. The third-order valence-electron chi connectivity index (χ3n) is 2.62. The average Bonchev–Trinajstić information content (AvgIpc) is 2.53. The number of rotatable bonds is 2. The molecule has 3 heteroatoms. The van der Waals surface area contributed by atoms with Crippen molar-refractivity contribution >= 4 is 17.2 Å². The number of carbonyl (C=O) groups excluding carboxylic acids is 1. The molecule has 1 heterocycles. The molecule has 1 aliphatic carbocycles. The third-order valence-corrected chi connectivity index (χ3v) is 3.49. The summed E-state index contributed by atoms with van der Waals surface area (Å²) in [4.78, 5) is 12.4. The lowest BCUT2D eigenvalue weighted by molar-refractivity contribution is 0.0855. The third kappa shape index (κ3) is 1.75. The molecule has 0 bridgehead atoms. The normalized spacial score (nSPS) is 19.2. The quantitative estimate of drug-likeness (QED) is 0.771. The maximum Gasteiger partial charge on any atom is 0.261 e. The van der Waals surface area contributed by atoms with Gasteiger partial charge >= 0.3 is 0 Å². The predicted molar refractivity (Wildman–Crippen MR) is 54.0 cm³/mol. The van der Waals surface area contributed by atoms with Crippen molar-refractivity contribution in [1.29, 1.82) is 0 Å². The number of amides is 1. The maximum atomic E-state index is 11.6. The van der Waals surface area contributed by atoms with E-state index in [-0.39, 0.29) is 11.4 Å². The summed E-state index contributed by atoms with van der Waals surface area (Å²) in [7, 11) is 0. The summed E-state index contributed by atoms with van der Waals surface area (Å²) in [6.45, 7) is 2.11. The Bertz CT molecular complexity index is 301. The zero-order valence-corrected chi connectivity index (χ0v) is 8.49. The molecule has 0 radical (unpaired) electrons. The number of thiophene rings is 1. The van der Waals surface area contributed by atoms with E-state index in [0.29, 0.717) is 0 Å². The van der Waals surface area contributed by atoms with Crippen LogP contribution in [-0.4, -0.2) is 11.4 Å². The Balaban J connectivity index is 1.99. The fourth-order valence-corrected chi connectivity index (χ4v) is 2.19. The second kappa shape index (κ2) is 3.14. The number of hydrogen-bond donors (Lipinski definition) is 1. The largest absolute Gasteiger partial charge is 0.346 e. The van der Waals surface area contributed by atoms with E-state index in [4.69, 9.17) is 0 Å². The van der Waals surface area contributed by atoms with E-state index in [2.05, 4.69) is 12.2 Å². The molecule has 1 N–H and O–H groups in total. The van der Waals surface area contributed by atoms with Crippen LogP contribution in [0.5, 0.6) is 0 Å². The average molecular weight is 195 g/mol. The van der Waals surface area contributed by atoms with Crippen LogP contribution in [0.1, 0.15) is 35.9 Å². The summed E-state index contributed by atoms with van der Waals surface area (Å²) < 4.78 is 0. The van der Waals surface area contributed by atoms with Crippen molar-refractivity contribution in [3.63, 3.8) is 0 Å². The van der Waals surface area contributed by atoms with Gasteiger partial charge in [-0.25, -0.2) is 0 Å². The van der Waals surface area contributed by atoms with E-state index in [0.717, 1.165) is 17.7 Å². The summed E-state index contributed by atoms with van der Waals surface area (Å²) in [5, 5.41) is 5.00. The highest BCUT2D eigenvalue weighted by Gasteiger charge is 2.33. The molecule has 1 aromatic heterocycles. The minimum Gasteiger partial charge on any atom is -0.346 e. The molecule has 0 aliphatic heterocycles. The Morgan fingerprint density at radius 3 is 2.85 bits per heavy atom. The molecule has 2 rings (SSSR count). The van der Waals surface area contributed by atoms with Crippen LogP contribution in [0.25, 0.3) is 0 Å². The first kappa shape index (κ1) is 8.75. The first-order valence-corrected chi connectivity index (χ1v) is 5.44. The van der Waals surface area contributed by atoms with Crippen LogP contribution in [-0.2, 0) is 0 Å². The molecule has 0 saturated heterocycles. The molecule has 0 aromatic carbocycles. The van der Waals surface area contributed by atoms with Gasteiger partial charge in [-0.2, -0.15) is 0 Å². The summed E-state index contributed by atoms with van der Waals surface area (Å²) in [5.41, 5.74) is 0.0705. The van der Waals surface area contributed by atoms with Gasteiger partial charge in [0.1, 0.15) is 0 Å². The van der Waals surface area contributed by atoms with Crippen molar-refractivity contribution < 1.29 is 4.79 Å². The maximum absolute atomic E-state index is 11.6. The molecule has 70 valence electrons. The van der Waals surface area contributed by atoms with Crippen LogP contribution in [0.2, 0.25) is 0 Å². The summed E-state index contributed by atoms with van der Waals surface area (Å²) in [6, 6.07) is 3.77. The molecule has 1 amide bonds. The van der Waals surface area contributed by atoms with Crippen molar-refractivity contribution in [2.75, 3.05) is 0 Å². The van der Waals surface area contributed by atoms with Gasteiger partial charge in [-0.05, 0) is 37.6 Å². The van der Waals surface area contributed by atoms with Crippen LogP contribution in [0.15, 0.2) is 17.5 Å². The van der Waals surface area contributed by atoms with Crippen molar-refractivity contribution in [3.8, 4) is 0 Å². The zero-order chi connectivity index (χ0) is 9.31. The fourth-order valence-electron chi connectivity index (χ4n) is 1.58. The van der Waals surface area contributed by atoms with Gasteiger partial charge in [-0.1, -0.05) is 6.07 Å². The van der Waals surface area contributed by atoms with E-state index < -0.39 is 0 Å². The van der Waals surface area contributed by atoms with E-state index in [1.54, 1.807) is 0 Å². The van der Waals surface area contributed by atoms with Crippen molar-refractivity contribution in [1.82, 2.24) is 5.32 Å². The summed E-state index contributed by atoms with van der Waals surface area (Å²) in [5.74, 6) is 0.0807. The van der Waals surface area contributed by atoms with Gasteiger partial charge in [0.25, 0.3) is 5.91 Å². The minimum atomic E-state index is 0.0705. The van der Waals surface area contributed by atoms with Crippen molar-refractivity contribution in [2.45, 2.75) is 31.7 Å². The summed E-state index contributed by atoms with van der Waals surface area (Å²) in [6.07, 6.45) is 3.47. The number of hydrogen-bond acceptors (Lipinski definition) is 2. The fraction of sp³-hybridized carbons (Fsp3) is 0.500. The van der Waals surface area contributed by atoms with Crippen LogP contribution in [0.4, 0.5) is 0 Å². The van der Waals surface area contributed by atoms with Crippen LogP contribution in [0.3, 0.4) is 0 Å². The lowest BCUT2D eigenvalue weighted by atomic mass is 9.78. The van der Waals surface area contributed by atoms with E-state index in [1.165, 1.54) is 17.8 Å². The van der Waals surface area contributed by atoms with E-state index in [9.17, 15) is 4.79 Å². The predicted octanol–water partition coefficient (Wildman–Crippen LogP) is 2.42. The number of carbonyl (C=O) groups is 1. The Hall–Kier alpha value is -0.830. The molecule has 2 nitrogen and oxygen atoms in total. The Kier molecular flexibility index (Phi) is 2.12. The Morgan fingerprint density at radius 2 is 2.38 bits per heavy atom. The lowest BCUT2D eigenvalue weighted by Crippen LogP contribution is -2.50. The molecular weight excluding hydrogens is 182 g/mol. The van der Waals surface area contributed by atoms with Gasteiger partial charge in [0.15, 0.2) is 0 Å². The second-order valence-electron chi connectivity index (χ2n) is 3.85. The molecule has 1 saturated carbocycles. The molecule has 1 aliphatic rings. The molecule has 13 heavy (non-hydrogen) atoms. The molecular formula is C10H13NOS. The van der Waals surface area contributed by atoms with E-state index in [1.807, 2.05) is 17.5 Å². The van der Waals surface area contributed by atoms with Crippen LogP contribution < -0.4 is 5.32 Å². The first-order valence-electron chi connectivity index (χ1n) is 4.56. The van der Waals surface area contributed by atoms with Gasteiger partial charge in [0, 0.05) is 5.54 Å². The lowest BCUT2D eigenvalue weighted by Gasteiger charge is -2.38. The van der Waals surface area contributed by atoms with Crippen LogP contribution >= 0.6 is 11.3 Å². The molecule has 1 fully saturated rings. The second-order valence-corrected chi connectivity index (χ2v) is 4.79. The molecule has 1 aromatic rings. The zero-order valence-electron chi connectivity index (χ0n) is 7.67. The topological polar surface area (TPSA) is 29.1 Å². The number of nitrogens with one attached hydrogen (secondary N) is 1. The van der Waals surface area contributed by atoms with Crippen LogP contribution in [0, 0.1) is 0 Å². The monoisotopic (exact) mass is 195 g/mol. The molecule has 0 atom stereocenters. The van der Waals surface area contributed by atoms with Gasteiger partial charge in [0.05, 0.1) is 4.88 Å². The molecule has 0 spiro atoms. The van der Waals surface area contributed by atoms with Crippen molar-refractivity contribution in [2.24, 2.45) is 0 Å². The van der Waals surface area contributed by atoms with E-state index >= 15 is 0 Å². The first-order chi connectivity index (χ1) is 6.20. The minimum absolute atomic E-state index is 0.0705. The van der Waals surface area contributed by atoms with Gasteiger partial charge in [-0.15, -0.1) is 11.3 Å². The van der Waals surface area contributed by atoms with Crippen molar-refractivity contribution in [3.05, 3.63) is 22.4 Å². The smallest absolute Gasteiger partial charge is 0.261 e. The highest BCUT2D eigenvalue weighted by atomic mass is 32.1. The Morgan fingerprint density at radius 1 is 1.62 bits per heavy atom.